The predicted molar refractivity (Wildman–Crippen MR) is 109 cm³/mol. The quantitative estimate of drug-likeness (QED) is 0.640. The molecular formula is C21H27N7O. The van der Waals surface area contributed by atoms with Crippen molar-refractivity contribution in [2.24, 2.45) is 0 Å². The first-order valence-electron chi connectivity index (χ1n) is 10.2. The van der Waals surface area contributed by atoms with Crippen molar-refractivity contribution in [2.45, 2.75) is 45.3 Å². The SMILES string of the molecule is Cc1c(C(=O)NCc2nccn2CCc2ccccc2)nnn1C1CCNCC1. The zero-order chi connectivity index (χ0) is 20.1. The molecule has 2 N–H and O–H groups in total. The second kappa shape index (κ2) is 9.00. The van der Waals surface area contributed by atoms with Crippen LogP contribution in [-0.4, -0.2) is 43.5 Å². The highest BCUT2D eigenvalue weighted by Gasteiger charge is 2.23. The van der Waals surface area contributed by atoms with Gasteiger partial charge in [0.05, 0.1) is 18.3 Å². The number of nitrogens with zero attached hydrogens (tertiary/aromatic N) is 5. The van der Waals surface area contributed by atoms with E-state index in [1.807, 2.05) is 36.0 Å². The zero-order valence-electron chi connectivity index (χ0n) is 16.7. The lowest BCUT2D eigenvalue weighted by atomic mass is 10.1. The average molecular weight is 393 g/mol. The summed E-state index contributed by atoms with van der Waals surface area (Å²) in [5, 5.41) is 14.7. The smallest absolute Gasteiger partial charge is 0.274 e. The van der Waals surface area contributed by atoms with Crippen LogP contribution in [0.15, 0.2) is 42.7 Å². The summed E-state index contributed by atoms with van der Waals surface area (Å²) in [6.07, 6.45) is 6.64. The molecule has 3 aromatic rings. The van der Waals surface area contributed by atoms with E-state index in [0.717, 1.165) is 50.4 Å². The number of nitrogens with one attached hydrogen (secondary N) is 2. The lowest BCUT2D eigenvalue weighted by Gasteiger charge is -2.23. The van der Waals surface area contributed by atoms with Crippen LogP contribution >= 0.6 is 0 Å². The molecule has 0 saturated carbocycles. The molecule has 1 saturated heterocycles. The lowest BCUT2D eigenvalue weighted by Crippen LogP contribution is -2.30. The van der Waals surface area contributed by atoms with E-state index in [-0.39, 0.29) is 5.91 Å². The van der Waals surface area contributed by atoms with Crippen LogP contribution in [-0.2, 0) is 19.5 Å². The van der Waals surface area contributed by atoms with Gasteiger partial charge in [-0.1, -0.05) is 35.5 Å². The minimum atomic E-state index is -0.208. The fourth-order valence-corrected chi connectivity index (χ4v) is 3.80. The van der Waals surface area contributed by atoms with Crippen molar-refractivity contribution in [3.8, 4) is 0 Å². The van der Waals surface area contributed by atoms with E-state index >= 15 is 0 Å². The molecule has 1 amide bonds. The molecule has 0 spiro atoms. The van der Waals surface area contributed by atoms with E-state index in [9.17, 15) is 4.79 Å². The highest BCUT2D eigenvalue weighted by molar-refractivity contribution is 5.93. The van der Waals surface area contributed by atoms with Crippen LogP contribution in [0.25, 0.3) is 0 Å². The Balaban J connectivity index is 1.36. The summed E-state index contributed by atoms with van der Waals surface area (Å²) in [4.78, 5) is 17.1. The minimum absolute atomic E-state index is 0.208. The maximum atomic E-state index is 12.7. The van der Waals surface area contributed by atoms with Gasteiger partial charge in [-0.05, 0) is 44.8 Å². The van der Waals surface area contributed by atoms with Crippen LogP contribution < -0.4 is 10.6 Å². The van der Waals surface area contributed by atoms with Gasteiger partial charge in [0.2, 0.25) is 0 Å². The van der Waals surface area contributed by atoms with Gasteiger partial charge in [-0.15, -0.1) is 5.10 Å². The molecule has 1 aliphatic heterocycles. The molecule has 1 aliphatic rings. The Morgan fingerprint density at radius 3 is 2.83 bits per heavy atom. The fourth-order valence-electron chi connectivity index (χ4n) is 3.80. The van der Waals surface area contributed by atoms with Crippen LogP contribution in [0.1, 0.15) is 46.5 Å². The van der Waals surface area contributed by atoms with Crippen molar-refractivity contribution in [1.29, 1.82) is 0 Å². The normalized spacial score (nSPS) is 14.8. The number of carbonyl (C=O) groups is 1. The Bertz CT molecular complexity index is 941. The van der Waals surface area contributed by atoms with Crippen LogP contribution in [0.5, 0.6) is 0 Å². The van der Waals surface area contributed by atoms with Crippen molar-refractivity contribution < 1.29 is 4.79 Å². The number of piperidine rings is 1. The summed E-state index contributed by atoms with van der Waals surface area (Å²) in [6, 6.07) is 10.7. The second-order valence-corrected chi connectivity index (χ2v) is 7.40. The van der Waals surface area contributed by atoms with Gasteiger partial charge in [-0.25, -0.2) is 9.67 Å². The van der Waals surface area contributed by atoms with E-state index in [4.69, 9.17) is 0 Å². The third-order valence-electron chi connectivity index (χ3n) is 5.49. The Labute approximate surface area is 170 Å². The molecule has 0 radical (unpaired) electrons. The van der Waals surface area contributed by atoms with Crippen molar-refractivity contribution >= 4 is 5.91 Å². The summed E-state index contributed by atoms with van der Waals surface area (Å²) in [5.41, 5.74) is 2.49. The van der Waals surface area contributed by atoms with Crippen molar-refractivity contribution in [2.75, 3.05) is 13.1 Å². The second-order valence-electron chi connectivity index (χ2n) is 7.40. The van der Waals surface area contributed by atoms with Gasteiger partial charge in [0.15, 0.2) is 5.69 Å². The maximum Gasteiger partial charge on any atom is 0.274 e. The molecular weight excluding hydrogens is 366 g/mol. The predicted octanol–water partition coefficient (Wildman–Crippen LogP) is 1.88. The standard InChI is InChI=1S/C21H27N7O/c1-16-20(25-26-28(16)18-7-10-22-11-8-18)21(29)24-15-19-23-12-14-27(19)13-9-17-5-3-2-4-6-17/h2-6,12,14,18,22H,7-11,13,15H2,1H3,(H,24,29). The number of carbonyl (C=O) groups excluding carboxylic acids is 1. The largest absolute Gasteiger partial charge is 0.343 e. The van der Waals surface area contributed by atoms with Gasteiger partial charge >= 0.3 is 0 Å². The third kappa shape index (κ3) is 4.54. The molecule has 0 unspecified atom stereocenters. The highest BCUT2D eigenvalue weighted by Crippen LogP contribution is 2.20. The van der Waals surface area contributed by atoms with Crippen LogP contribution in [0, 0.1) is 6.92 Å². The van der Waals surface area contributed by atoms with Crippen LogP contribution in [0.3, 0.4) is 0 Å². The highest BCUT2D eigenvalue weighted by atomic mass is 16.2. The molecule has 29 heavy (non-hydrogen) atoms. The van der Waals surface area contributed by atoms with Gasteiger partial charge in [0.1, 0.15) is 5.82 Å². The van der Waals surface area contributed by atoms with Gasteiger partial charge < -0.3 is 15.2 Å². The van der Waals surface area contributed by atoms with Gasteiger partial charge in [0.25, 0.3) is 5.91 Å². The number of imidazole rings is 1. The Kier molecular flexibility index (Phi) is 6.00. The van der Waals surface area contributed by atoms with Gasteiger partial charge in [0, 0.05) is 18.9 Å². The molecule has 0 atom stereocenters. The van der Waals surface area contributed by atoms with Crippen LogP contribution in [0.2, 0.25) is 0 Å². The first kappa shape index (κ1) is 19.3. The summed E-state index contributed by atoms with van der Waals surface area (Å²) in [5.74, 6) is 0.623. The van der Waals surface area contributed by atoms with Gasteiger partial charge in [-0.2, -0.15) is 0 Å². The van der Waals surface area contributed by atoms with E-state index in [0.29, 0.717) is 18.3 Å². The molecule has 0 bridgehead atoms. The Morgan fingerprint density at radius 2 is 2.03 bits per heavy atom. The van der Waals surface area contributed by atoms with Crippen molar-refractivity contribution in [3.05, 3.63) is 65.5 Å². The molecule has 3 heterocycles. The van der Waals surface area contributed by atoms with E-state index in [1.165, 1.54) is 5.56 Å². The fraction of sp³-hybridized carbons (Fsp3) is 0.429. The first-order chi connectivity index (χ1) is 14.2. The molecule has 152 valence electrons. The monoisotopic (exact) mass is 393 g/mol. The Hall–Kier alpha value is -3.00. The number of hydrogen-bond acceptors (Lipinski definition) is 5. The summed E-state index contributed by atoms with van der Waals surface area (Å²) in [6.45, 7) is 5.03. The number of rotatable bonds is 7. The summed E-state index contributed by atoms with van der Waals surface area (Å²) < 4.78 is 3.97. The molecule has 8 heteroatoms. The minimum Gasteiger partial charge on any atom is -0.343 e. The molecule has 0 aliphatic carbocycles. The van der Waals surface area contributed by atoms with Crippen LogP contribution in [0.4, 0.5) is 0 Å². The lowest BCUT2D eigenvalue weighted by molar-refractivity contribution is 0.0943. The van der Waals surface area contributed by atoms with E-state index in [1.54, 1.807) is 6.20 Å². The molecule has 1 fully saturated rings. The van der Waals surface area contributed by atoms with Gasteiger partial charge in [-0.3, -0.25) is 4.79 Å². The molecule has 1 aromatic carbocycles. The number of aryl methyl sites for hydroxylation is 2. The van der Waals surface area contributed by atoms with E-state index < -0.39 is 0 Å². The zero-order valence-corrected chi connectivity index (χ0v) is 16.7. The summed E-state index contributed by atoms with van der Waals surface area (Å²) in [7, 11) is 0. The number of benzene rings is 1. The third-order valence-corrected chi connectivity index (χ3v) is 5.49. The first-order valence-corrected chi connectivity index (χ1v) is 10.2. The maximum absolute atomic E-state index is 12.7. The molecule has 8 nitrogen and oxygen atoms in total. The van der Waals surface area contributed by atoms with Crippen molar-refractivity contribution in [1.82, 2.24) is 35.2 Å². The number of hydrogen-bond donors (Lipinski definition) is 2. The topological polar surface area (TPSA) is 89.7 Å². The number of aromatic nitrogens is 5. The summed E-state index contributed by atoms with van der Waals surface area (Å²) >= 11 is 0. The molecule has 2 aromatic heterocycles. The van der Waals surface area contributed by atoms with Crippen molar-refractivity contribution in [3.63, 3.8) is 0 Å². The number of amides is 1. The van der Waals surface area contributed by atoms with E-state index in [2.05, 4.69) is 42.6 Å². The molecule has 4 rings (SSSR count). The Morgan fingerprint density at radius 1 is 1.24 bits per heavy atom. The average Bonchev–Trinajstić information content (AvgIpc) is 3.38.